The topological polar surface area (TPSA) is 140 Å². The number of pyridine rings is 1. The number of hydrogen-bond acceptors (Lipinski definition) is 8. The van der Waals surface area contributed by atoms with Crippen LogP contribution >= 0.6 is 0 Å². The number of sulfonamides is 1. The smallest absolute Gasteiger partial charge is 0.263 e. The molecular weight excluding hydrogens is 542 g/mol. The molecule has 0 fully saturated rings. The van der Waals surface area contributed by atoms with Crippen LogP contribution in [0, 0.1) is 27.7 Å². The molecule has 3 heterocycles. The monoisotopic (exact) mass is 573 g/mol. The zero-order chi connectivity index (χ0) is 29.3. The lowest BCUT2D eigenvalue weighted by atomic mass is 9.94. The van der Waals surface area contributed by atoms with Crippen molar-refractivity contribution in [3.63, 3.8) is 0 Å². The summed E-state index contributed by atoms with van der Waals surface area (Å²) in [5.74, 6) is 1.28. The number of aryl methyl sites for hydroxylation is 3. The third-order valence-electron chi connectivity index (χ3n) is 6.95. The summed E-state index contributed by atoms with van der Waals surface area (Å²) in [6.07, 6.45) is 0.458. The SMILES string of the molecule is CCOCc1cc(Cc2cc(=O)[nH]c3nc(C)nc(C)c23)ccc1-c1ccccc1S(=O)(=O)Nc1noc(C)c1C. The van der Waals surface area contributed by atoms with E-state index >= 15 is 0 Å². The van der Waals surface area contributed by atoms with E-state index < -0.39 is 10.0 Å². The molecule has 0 bridgehead atoms. The average molecular weight is 574 g/mol. The predicted octanol–water partition coefficient (Wildman–Crippen LogP) is 5.13. The van der Waals surface area contributed by atoms with Crippen LogP contribution in [0.5, 0.6) is 0 Å². The highest BCUT2D eigenvalue weighted by molar-refractivity contribution is 7.92. The van der Waals surface area contributed by atoms with Gasteiger partial charge in [0.25, 0.3) is 10.0 Å². The molecule has 0 saturated heterocycles. The zero-order valence-electron chi connectivity index (χ0n) is 23.5. The molecule has 41 heavy (non-hydrogen) atoms. The molecule has 0 radical (unpaired) electrons. The Morgan fingerprint density at radius 2 is 1.76 bits per heavy atom. The van der Waals surface area contributed by atoms with Crippen molar-refractivity contribution in [1.29, 1.82) is 0 Å². The number of aromatic nitrogens is 4. The summed E-state index contributed by atoms with van der Waals surface area (Å²) >= 11 is 0. The van der Waals surface area contributed by atoms with Gasteiger partial charge in [-0.25, -0.2) is 18.4 Å². The van der Waals surface area contributed by atoms with E-state index in [9.17, 15) is 13.2 Å². The summed E-state index contributed by atoms with van der Waals surface area (Å²) in [4.78, 5) is 24.3. The molecule has 0 unspecified atom stereocenters. The van der Waals surface area contributed by atoms with Gasteiger partial charge in [-0.2, -0.15) is 0 Å². The average Bonchev–Trinajstić information content (AvgIpc) is 3.23. The molecule has 0 aliphatic rings. The number of rotatable bonds is 9. The van der Waals surface area contributed by atoms with E-state index in [4.69, 9.17) is 9.26 Å². The normalized spacial score (nSPS) is 11.7. The first-order valence-electron chi connectivity index (χ1n) is 13.2. The van der Waals surface area contributed by atoms with Gasteiger partial charge in [-0.15, -0.1) is 0 Å². The van der Waals surface area contributed by atoms with E-state index in [2.05, 4.69) is 24.8 Å². The minimum Gasteiger partial charge on any atom is -0.377 e. The number of aromatic amines is 1. The van der Waals surface area contributed by atoms with E-state index in [-0.39, 0.29) is 22.9 Å². The molecule has 212 valence electrons. The molecule has 0 spiro atoms. The molecule has 0 atom stereocenters. The van der Waals surface area contributed by atoms with Gasteiger partial charge in [-0.05, 0) is 69.4 Å². The first-order valence-corrected chi connectivity index (χ1v) is 14.7. The van der Waals surface area contributed by atoms with Crippen LogP contribution in [0.3, 0.4) is 0 Å². The second-order valence-electron chi connectivity index (χ2n) is 9.86. The van der Waals surface area contributed by atoms with E-state index in [0.29, 0.717) is 41.4 Å². The first-order chi connectivity index (χ1) is 19.6. The Hall–Kier alpha value is -4.35. The molecule has 2 N–H and O–H groups in total. The van der Waals surface area contributed by atoms with Crippen molar-refractivity contribution < 1.29 is 17.7 Å². The summed E-state index contributed by atoms with van der Waals surface area (Å²) in [7, 11) is -4.00. The molecule has 10 nitrogen and oxygen atoms in total. The van der Waals surface area contributed by atoms with E-state index in [0.717, 1.165) is 33.3 Å². The van der Waals surface area contributed by atoms with E-state index in [1.165, 1.54) is 0 Å². The lowest BCUT2D eigenvalue weighted by molar-refractivity contribution is 0.134. The molecule has 11 heteroatoms. The van der Waals surface area contributed by atoms with Crippen molar-refractivity contribution in [3.8, 4) is 11.1 Å². The Bertz CT molecular complexity index is 1930. The van der Waals surface area contributed by atoms with Crippen molar-refractivity contribution in [3.05, 3.63) is 98.4 Å². The van der Waals surface area contributed by atoms with Crippen LogP contribution in [-0.2, 0) is 27.8 Å². The first kappa shape index (κ1) is 28.2. The number of anilines is 1. The summed E-state index contributed by atoms with van der Waals surface area (Å²) in [5, 5.41) is 4.67. The molecule has 3 aromatic heterocycles. The van der Waals surface area contributed by atoms with E-state index in [1.54, 1.807) is 51.1 Å². The Balaban J connectivity index is 1.58. The van der Waals surface area contributed by atoms with Crippen molar-refractivity contribution in [2.45, 2.75) is 52.5 Å². The highest BCUT2D eigenvalue weighted by atomic mass is 32.2. The van der Waals surface area contributed by atoms with Gasteiger partial charge < -0.3 is 14.2 Å². The van der Waals surface area contributed by atoms with Crippen LogP contribution in [0.15, 0.2) is 62.7 Å². The maximum Gasteiger partial charge on any atom is 0.263 e. The summed E-state index contributed by atoms with van der Waals surface area (Å²) in [6, 6.07) is 14.2. The molecular formula is C30H31N5O5S. The maximum absolute atomic E-state index is 13.5. The lowest BCUT2D eigenvalue weighted by Gasteiger charge is -2.16. The minimum absolute atomic E-state index is 0.106. The Kier molecular flexibility index (Phi) is 7.74. The standard InChI is InChI=1S/C30H31N5O5S/c1-6-39-16-23-14-21(13-22-15-27(36)33-30-28(22)18(3)31-20(5)32-30)11-12-24(23)25-9-7-8-10-26(25)41(37,38)35-29-17(2)19(4)40-34-29/h7-12,14-15H,6,13,16H2,1-5H3,(H,34,35)(H,31,32,33,36). The van der Waals surface area contributed by atoms with Gasteiger partial charge in [0.05, 0.1) is 17.2 Å². The van der Waals surface area contributed by atoms with Crippen molar-refractivity contribution in [1.82, 2.24) is 20.1 Å². The third-order valence-corrected chi connectivity index (χ3v) is 8.35. The fourth-order valence-electron chi connectivity index (χ4n) is 4.90. The van der Waals surface area contributed by atoms with E-state index in [1.807, 2.05) is 32.0 Å². The lowest BCUT2D eigenvalue weighted by Crippen LogP contribution is -2.15. The van der Waals surface area contributed by atoms with Crippen molar-refractivity contribution in [2.75, 3.05) is 11.3 Å². The Labute approximate surface area is 237 Å². The number of ether oxygens (including phenoxy) is 1. The Morgan fingerprint density at radius 3 is 2.49 bits per heavy atom. The summed E-state index contributed by atoms with van der Waals surface area (Å²) < 4.78 is 40.6. The molecule has 0 aliphatic carbocycles. The largest absolute Gasteiger partial charge is 0.377 e. The minimum atomic E-state index is -4.00. The zero-order valence-corrected chi connectivity index (χ0v) is 24.3. The number of nitrogens with one attached hydrogen (secondary N) is 2. The fraction of sp³-hybridized carbons (Fsp3) is 0.267. The molecule has 0 aliphatic heterocycles. The third kappa shape index (κ3) is 5.77. The molecule has 5 aromatic rings. The summed E-state index contributed by atoms with van der Waals surface area (Å²) in [5.41, 5.74) is 5.49. The fourth-order valence-corrected chi connectivity index (χ4v) is 6.18. The molecule has 0 amide bonds. The Morgan fingerprint density at radius 1 is 0.976 bits per heavy atom. The highest BCUT2D eigenvalue weighted by Crippen LogP contribution is 2.33. The predicted molar refractivity (Wildman–Crippen MR) is 156 cm³/mol. The maximum atomic E-state index is 13.5. The number of H-pyrrole nitrogens is 1. The molecule has 2 aromatic carbocycles. The number of fused-ring (bicyclic) bond motifs is 1. The van der Waals surface area contributed by atoms with Crippen LogP contribution in [0.25, 0.3) is 22.2 Å². The van der Waals surface area contributed by atoms with Crippen molar-refractivity contribution >= 4 is 26.9 Å². The van der Waals surface area contributed by atoms with Gasteiger partial charge in [-0.3, -0.25) is 9.52 Å². The van der Waals surface area contributed by atoms with Crippen LogP contribution in [0.2, 0.25) is 0 Å². The van der Waals surface area contributed by atoms with Gasteiger partial charge in [0, 0.05) is 29.2 Å². The second-order valence-corrected chi connectivity index (χ2v) is 11.5. The quantitative estimate of drug-likeness (QED) is 0.247. The van der Waals surface area contributed by atoms with Gasteiger partial charge in [0.1, 0.15) is 17.2 Å². The van der Waals surface area contributed by atoms with Gasteiger partial charge in [-0.1, -0.05) is 41.6 Å². The highest BCUT2D eigenvalue weighted by Gasteiger charge is 2.24. The van der Waals surface area contributed by atoms with Crippen LogP contribution < -0.4 is 10.3 Å². The summed E-state index contributed by atoms with van der Waals surface area (Å²) in [6.45, 7) is 9.83. The van der Waals surface area contributed by atoms with Crippen molar-refractivity contribution in [2.24, 2.45) is 0 Å². The van der Waals surface area contributed by atoms with Crippen LogP contribution in [-0.4, -0.2) is 35.1 Å². The number of hydrogen-bond donors (Lipinski definition) is 2. The van der Waals surface area contributed by atoms with Gasteiger partial charge >= 0.3 is 0 Å². The van der Waals surface area contributed by atoms with Crippen LogP contribution in [0.1, 0.15) is 46.5 Å². The van der Waals surface area contributed by atoms with Gasteiger partial charge in [0.15, 0.2) is 5.82 Å². The van der Waals surface area contributed by atoms with Crippen LogP contribution in [0.4, 0.5) is 5.82 Å². The van der Waals surface area contributed by atoms with Gasteiger partial charge in [0.2, 0.25) is 5.56 Å². The second kappa shape index (κ2) is 11.3. The number of benzene rings is 2. The number of nitrogens with zero attached hydrogens (tertiary/aromatic N) is 3. The molecule has 5 rings (SSSR count). The molecule has 0 saturated carbocycles.